The third-order valence-electron chi connectivity index (χ3n) is 8.82. The van der Waals surface area contributed by atoms with Gasteiger partial charge in [-0.3, -0.25) is 14.4 Å². The van der Waals surface area contributed by atoms with Crippen LogP contribution in [0, 0.1) is 12.3 Å². The Morgan fingerprint density at radius 2 is 1.93 bits per heavy atom. The quantitative estimate of drug-likeness (QED) is 0.169. The van der Waals surface area contributed by atoms with Crippen LogP contribution in [0.2, 0.25) is 0 Å². The number of benzene rings is 2. The van der Waals surface area contributed by atoms with Gasteiger partial charge >= 0.3 is 5.97 Å². The number of carbonyl (C=O) groups is 1. The lowest BCUT2D eigenvalue weighted by atomic mass is 9.72. The van der Waals surface area contributed by atoms with Gasteiger partial charge in [0.2, 0.25) is 5.88 Å². The van der Waals surface area contributed by atoms with E-state index < -0.39 is 5.41 Å². The number of aromatic nitrogens is 4. The second-order valence-corrected chi connectivity index (χ2v) is 12.4. The molecule has 1 unspecified atom stereocenters. The summed E-state index contributed by atoms with van der Waals surface area (Å²) in [4.78, 5) is 20.7. The Labute approximate surface area is 261 Å². The number of aryl methyl sites for hydroxylation is 3. The third kappa shape index (κ3) is 7.53. The van der Waals surface area contributed by atoms with E-state index in [0.29, 0.717) is 6.42 Å². The van der Waals surface area contributed by atoms with Gasteiger partial charge in [0.1, 0.15) is 12.7 Å². The molecule has 0 fully saturated rings. The molecule has 0 bridgehead atoms. The molecular weight excluding hydrogens is 550 g/mol. The Balaban J connectivity index is 1.41. The Hall–Kier alpha value is -4.04. The number of nitrogens with zero attached hydrogens (tertiary/aromatic N) is 5. The van der Waals surface area contributed by atoms with Crippen molar-refractivity contribution in [3.8, 4) is 5.88 Å². The van der Waals surface area contributed by atoms with Gasteiger partial charge in [-0.15, -0.1) is 5.10 Å². The summed E-state index contributed by atoms with van der Waals surface area (Å²) in [5.74, 6) is 0.450. The molecule has 4 aromatic rings. The summed E-state index contributed by atoms with van der Waals surface area (Å²) < 4.78 is 14.0. The maximum atomic E-state index is 13.7. The number of hydrogen-bond donors (Lipinski definition) is 0. The van der Waals surface area contributed by atoms with Crippen molar-refractivity contribution in [3.05, 3.63) is 107 Å². The zero-order valence-electron chi connectivity index (χ0n) is 26.7. The lowest BCUT2D eigenvalue weighted by Crippen LogP contribution is -2.34. The van der Waals surface area contributed by atoms with Gasteiger partial charge in [-0.05, 0) is 81.2 Å². The second kappa shape index (κ2) is 14.2. The Bertz CT molecular complexity index is 1530. The van der Waals surface area contributed by atoms with Crippen LogP contribution in [0.25, 0.3) is 0 Å². The summed E-state index contributed by atoms with van der Waals surface area (Å²) in [6.07, 6.45) is 6.25. The zero-order chi connectivity index (χ0) is 31.1. The van der Waals surface area contributed by atoms with Crippen molar-refractivity contribution >= 4 is 5.97 Å². The van der Waals surface area contributed by atoms with E-state index >= 15 is 0 Å². The van der Waals surface area contributed by atoms with Crippen LogP contribution in [0.5, 0.6) is 5.88 Å². The van der Waals surface area contributed by atoms with Crippen molar-refractivity contribution in [1.82, 2.24) is 24.9 Å². The van der Waals surface area contributed by atoms with E-state index in [1.807, 2.05) is 61.1 Å². The van der Waals surface area contributed by atoms with E-state index in [1.54, 1.807) is 6.20 Å². The average molecular weight is 596 g/mol. The Kier molecular flexibility index (Phi) is 10.1. The average Bonchev–Trinajstić information content (AvgIpc) is 3.42. The molecule has 44 heavy (non-hydrogen) atoms. The van der Waals surface area contributed by atoms with Crippen molar-refractivity contribution in [2.75, 3.05) is 6.54 Å². The predicted molar refractivity (Wildman–Crippen MR) is 171 cm³/mol. The molecule has 0 saturated heterocycles. The van der Waals surface area contributed by atoms with Crippen LogP contribution < -0.4 is 4.74 Å². The molecule has 8 nitrogen and oxygen atoms in total. The molecule has 2 aromatic carbocycles. The molecule has 1 aliphatic rings. The molecule has 0 saturated carbocycles. The molecule has 5 rings (SSSR count). The van der Waals surface area contributed by atoms with E-state index in [-0.39, 0.29) is 24.6 Å². The van der Waals surface area contributed by atoms with Gasteiger partial charge in [0.05, 0.1) is 11.1 Å². The highest BCUT2D eigenvalue weighted by molar-refractivity contribution is 5.77. The fourth-order valence-electron chi connectivity index (χ4n) is 5.99. The largest absolute Gasteiger partial charge is 0.473 e. The fraction of sp³-hybridized carbons (Fsp3) is 0.444. The topological polar surface area (TPSA) is 82.4 Å². The van der Waals surface area contributed by atoms with Crippen molar-refractivity contribution in [3.63, 3.8) is 0 Å². The number of carbonyl (C=O) groups excluding carboxylic acids is 1. The minimum absolute atomic E-state index is 0.0808. The van der Waals surface area contributed by atoms with Crippen LogP contribution in [-0.2, 0) is 42.2 Å². The number of hydrogen-bond acceptors (Lipinski definition) is 7. The van der Waals surface area contributed by atoms with Crippen LogP contribution in [0.3, 0.4) is 0 Å². The first-order valence-electron chi connectivity index (χ1n) is 15.8. The predicted octanol–water partition coefficient (Wildman–Crippen LogP) is 6.66. The Morgan fingerprint density at radius 1 is 1.11 bits per heavy atom. The highest BCUT2D eigenvalue weighted by Crippen LogP contribution is 2.41. The second-order valence-electron chi connectivity index (χ2n) is 12.4. The van der Waals surface area contributed by atoms with Gasteiger partial charge in [-0.25, -0.2) is 4.98 Å². The van der Waals surface area contributed by atoms with Gasteiger partial charge in [0.15, 0.2) is 0 Å². The van der Waals surface area contributed by atoms with Crippen molar-refractivity contribution in [2.24, 2.45) is 5.41 Å². The Morgan fingerprint density at radius 3 is 2.68 bits per heavy atom. The number of fused-ring (bicyclic) bond motifs is 1. The van der Waals surface area contributed by atoms with Gasteiger partial charge in [-0.1, -0.05) is 66.7 Å². The highest BCUT2D eigenvalue weighted by Gasteiger charge is 2.39. The molecule has 0 aliphatic carbocycles. The number of ether oxygens (including phenoxy) is 2. The molecule has 3 heterocycles. The van der Waals surface area contributed by atoms with Crippen LogP contribution in [-0.4, -0.2) is 43.5 Å². The fourth-order valence-corrected chi connectivity index (χ4v) is 5.99. The van der Waals surface area contributed by atoms with Gasteiger partial charge in [0, 0.05) is 44.1 Å². The summed E-state index contributed by atoms with van der Waals surface area (Å²) in [5, 5.41) is 8.61. The molecule has 0 spiro atoms. The van der Waals surface area contributed by atoms with Gasteiger partial charge < -0.3 is 9.47 Å². The van der Waals surface area contributed by atoms with E-state index in [0.717, 1.165) is 67.3 Å². The van der Waals surface area contributed by atoms with Gasteiger partial charge in [-0.2, -0.15) is 0 Å². The van der Waals surface area contributed by atoms with E-state index in [9.17, 15) is 4.79 Å². The summed E-state index contributed by atoms with van der Waals surface area (Å²) in [6, 6.07) is 20.6. The minimum atomic E-state index is -0.767. The first kappa shape index (κ1) is 31.4. The van der Waals surface area contributed by atoms with E-state index in [4.69, 9.17) is 9.47 Å². The van der Waals surface area contributed by atoms with Crippen LogP contribution >= 0.6 is 0 Å². The van der Waals surface area contributed by atoms with Gasteiger partial charge in [0.25, 0.3) is 0 Å². The number of esters is 1. The normalized spacial score (nSPS) is 16.1. The SMILES string of the molecule is CC[C@@H]1CN(Cc2cc(C(CCc3cn(CC)nn3)C(C)(C)C(=O)OCc3ccccc3)ccc2C)Cc2cccnc2O1. The van der Waals surface area contributed by atoms with E-state index in [1.165, 1.54) is 11.1 Å². The van der Waals surface area contributed by atoms with Crippen molar-refractivity contribution < 1.29 is 14.3 Å². The standard InChI is InChI=1S/C36H45N5O3/c1-6-32-24-40(21-29-14-11-19-37-34(29)44-32)22-30-20-28(16-15-26(30)3)33(18-17-31-23-41(7-2)39-38-31)36(4,5)35(42)43-25-27-12-9-8-10-13-27/h8-16,19-20,23,32-33H,6-7,17-18,21-22,24-25H2,1-5H3/t32-,33?/m1/s1. The molecule has 1 aliphatic heterocycles. The molecule has 0 N–H and O–H groups in total. The van der Waals surface area contributed by atoms with Crippen molar-refractivity contribution in [2.45, 2.75) is 92.1 Å². The maximum Gasteiger partial charge on any atom is 0.312 e. The first-order chi connectivity index (χ1) is 21.3. The summed E-state index contributed by atoms with van der Waals surface area (Å²) >= 11 is 0. The molecule has 2 atom stereocenters. The van der Waals surface area contributed by atoms with E-state index in [2.05, 4.69) is 65.2 Å². The molecule has 8 heteroatoms. The molecule has 2 aromatic heterocycles. The van der Waals surface area contributed by atoms with Crippen LogP contribution in [0.4, 0.5) is 0 Å². The minimum Gasteiger partial charge on any atom is -0.473 e. The maximum absolute atomic E-state index is 13.7. The molecular formula is C36H45N5O3. The number of pyridine rings is 1. The molecule has 0 amide bonds. The first-order valence-corrected chi connectivity index (χ1v) is 15.8. The van der Waals surface area contributed by atoms with Crippen LogP contribution in [0.1, 0.15) is 80.0 Å². The van der Waals surface area contributed by atoms with Crippen molar-refractivity contribution in [1.29, 1.82) is 0 Å². The van der Waals surface area contributed by atoms with Crippen LogP contribution in [0.15, 0.2) is 73.1 Å². The molecule has 0 radical (unpaired) electrons. The zero-order valence-corrected chi connectivity index (χ0v) is 26.7. The monoisotopic (exact) mass is 595 g/mol. The smallest absolute Gasteiger partial charge is 0.312 e. The highest BCUT2D eigenvalue weighted by atomic mass is 16.5. The summed E-state index contributed by atoms with van der Waals surface area (Å²) in [6.45, 7) is 13.8. The lowest BCUT2D eigenvalue weighted by molar-refractivity contribution is -0.156. The summed E-state index contributed by atoms with van der Waals surface area (Å²) in [5.41, 5.74) is 5.86. The number of rotatable bonds is 12. The lowest BCUT2D eigenvalue weighted by Gasteiger charge is -2.33. The summed E-state index contributed by atoms with van der Waals surface area (Å²) in [7, 11) is 0. The third-order valence-corrected chi connectivity index (χ3v) is 8.82. The molecule has 232 valence electrons.